The summed E-state index contributed by atoms with van der Waals surface area (Å²) in [6, 6.07) is 13.2. The molecule has 2 rings (SSSR count). The lowest BCUT2D eigenvalue weighted by atomic mass is 10.2. The molecule has 2 amide bonds. The van der Waals surface area contributed by atoms with Crippen molar-refractivity contribution in [2.75, 3.05) is 19.7 Å². The predicted octanol–water partition coefficient (Wildman–Crippen LogP) is 2.84. The smallest absolute Gasteiger partial charge is 0.251 e. The third-order valence-corrected chi connectivity index (χ3v) is 3.66. The van der Waals surface area contributed by atoms with Crippen LogP contribution in [0.2, 0.25) is 0 Å². The molecule has 5 nitrogen and oxygen atoms in total. The van der Waals surface area contributed by atoms with Crippen molar-refractivity contribution in [3.63, 3.8) is 0 Å². The molecule has 0 aliphatic heterocycles. The summed E-state index contributed by atoms with van der Waals surface area (Å²) in [5.74, 6) is -0.141. The van der Waals surface area contributed by atoms with Crippen LogP contribution in [-0.2, 0) is 4.79 Å². The van der Waals surface area contributed by atoms with E-state index in [0.29, 0.717) is 26.0 Å². The van der Waals surface area contributed by atoms with E-state index in [2.05, 4.69) is 10.6 Å². The number of hydrogen-bond donors (Lipinski definition) is 2. The number of rotatable bonds is 9. The van der Waals surface area contributed by atoms with Crippen molar-refractivity contribution >= 4 is 11.8 Å². The van der Waals surface area contributed by atoms with Gasteiger partial charge >= 0.3 is 0 Å². The zero-order valence-electron chi connectivity index (χ0n) is 14.8. The summed E-state index contributed by atoms with van der Waals surface area (Å²) in [4.78, 5) is 23.5. The Labute approximate surface area is 152 Å². The van der Waals surface area contributed by atoms with Gasteiger partial charge in [0.15, 0.2) is 0 Å². The molecule has 2 N–H and O–H groups in total. The average Bonchev–Trinajstić information content (AvgIpc) is 2.63. The Hall–Kier alpha value is -2.89. The molecule has 0 saturated heterocycles. The topological polar surface area (TPSA) is 67.4 Å². The first-order valence-corrected chi connectivity index (χ1v) is 8.54. The van der Waals surface area contributed by atoms with Crippen molar-refractivity contribution in [3.8, 4) is 5.75 Å². The van der Waals surface area contributed by atoms with Gasteiger partial charge in [-0.1, -0.05) is 23.8 Å². The molecule has 0 heterocycles. The molecule has 0 fully saturated rings. The first-order valence-electron chi connectivity index (χ1n) is 8.54. The highest BCUT2D eigenvalue weighted by Gasteiger charge is 2.06. The lowest BCUT2D eigenvalue weighted by Crippen LogP contribution is -2.34. The molecule has 0 aliphatic carbocycles. The van der Waals surface area contributed by atoms with E-state index in [1.807, 2.05) is 31.2 Å². The summed E-state index contributed by atoms with van der Waals surface area (Å²) in [7, 11) is 0. The monoisotopic (exact) mass is 358 g/mol. The first kappa shape index (κ1) is 19.4. The molecule has 0 unspecified atom stereocenters. The maximum absolute atomic E-state index is 13.0. The summed E-state index contributed by atoms with van der Waals surface area (Å²) in [6.07, 6.45) is 0.957. The third-order valence-electron chi connectivity index (χ3n) is 3.66. The number of carbonyl (C=O) groups excluding carboxylic acids is 2. The van der Waals surface area contributed by atoms with E-state index < -0.39 is 5.82 Å². The Kier molecular flexibility index (Phi) is 7.61. The van der Waals surface area contributed by atoms with Gasteiger partial charge in [-0.15, -0.1) is 0 Å². The molecule has 26 heavy (non-hydrogen) atoms. The molecule has 0 radical (unpaired) electrons. The Morgan fingerprint density at radius 2 is 1.77 bits per heavy atom. The minimum atomic E-state index is -0.459. The van der Waals surface area contributed by atoms with Gasteiger partial charge in [-0.05, 0) is 43.7 Å². The Morgan fingerprint density at radius 1 is 1.04 bits per heavy atom. The summed E-state index contributed by atoms with van der Waals surface area (Å²) in [6.45, 7) is 3.07. The van der Waals surface area contributed by atoms with Crippen LogP contribution in [0.25, 0.3) is 0 Å². The maximum Gasteiger partial charge on any atom is 0.251 e. The zero-order chi connectivity index (χ0) is 18.8. The van der Waals surface area contributed by atoms with Gasteiger partial charge in [0, 0.05) is 25.1 Å². The minimum Gasteiger partial charge on any atom is -0.494 e. The summed E-state index contributed by atoms with van der Waals surface area (Å²) < 4.78 is 18.6. The second-order valence-corrected chi connectivity index (χ2v) is 5.88. The molecule has 2 aromatic rings. The normalized spacial score (nSPS) is 10.2. The number of benzene rings is 2. The molecule has 0 bridgehead atoms. The van der Waals surface area contributed by atoms with Gasteiger partial charge in [0.1, 0.15) is 11.6 Å². The van der Waals surface area contributed by atoms with E-state index >= 15 is 0 Å². The highest BCUT2D eigenvalue weighted by Crippen LogP contribution is 2.11. The Bertz CT molecular complexity index is 732. The second-order valence-electron chi connectivity index (χ2n) is 5.88. The molecule has 0 spiro atoms. The molecule has 138 valence electrons. The number of amides is 2. The largest absolute Gasteiger partial charge is 0.494 e. The summed E-state index contributed by atoms with van der Waals surface area (Å²) in [5, 5.41) is 5.35. The van der Waals surface area contributed by atoms with Crippen molar-refractivity contribution in [1.82, 2.24) is 10.6 Å². The molecule has 0 aromatic heterocycles. The number of hydrogen-bond acceptors (Lipinski definition) is 3. The van der Waals surface area contributed by atoms with Gasteiger partial charge in [0.05, 0.1) is 6.61 Å². The Morgan fingerprint density at radius 3 is 2.50 bits per heavy atom. The zero-order valence-corrected chi connectivity index (χ0v) is 14.8. The van der Waals surface area contributed by atoms with Crippen molar-refractivity contribution < 1.29 is 18.7 Å². The van der Waals surface area contributed by atoms with E-state index in [-0.39, 0.29) is 23.9 Å². The van der Waals surface area contributed by atoms with Crippen LogP contribution in [0.15, 0.2) is 48.5 Å². The van der Waals surface area contributed by atoms with Crippen molar-refractivity contribution in [2.45, 2.75) is 19.8 Å². The fraction of sp³-hybridized carbons (Fsp3) is 0.300. The van der Waals surface area contributed by atoms with Crippen molar-refractivity contribution in [1.29, 1.82) is 0 Å². The maximum atomic E-state index is 13.0. The molecule has 0 atom stereocenters. The van der Waals surface area contributed by atoms with Crippen molar-refractivity contribution in [2.24, 2.45) is 0 Å². The van der Waals surface area contributed by atoms with Crippen LogP contribution in [0.1, 0.15) is 28.8 Å². The lowest BCUT2D eigenvalue weighted by Gasteiger charge is -2.08. The van der Waals surface area contributed by atoms with Crippen LogP contribution in [0.5, 0.6) is 5.75 Å². The van der Waals surface area contributed by atoms with E-state index in [1.165, 1.54) is 29.8 Å². The summed E-state index contributed by atoms with van der Waals surface area (Å²) >= 11 is 0. The Balaban J connectivity index is 1.54. The fourth-order valence-electron chi connectivity index (χ4n) is 2.26. The molecular weight excluding hydrogens is 335 g/mol. The van der Waals surface area contributed by atoms with E-state index in [9.17, 15) is 14.0 Å². The van der Waals surface area contributed by atoms with Crippen LogP contribution in [0.3, 0.4) is 0 Å². The van der Waals surface area contributed by atoms with Crippen molar-refractivity contribution in [3.05, 3.63) is 65.5 Å². The number of halogens is 1. The number of carbonyl (C=O) groups is 2. The van der Waals surface area contributed by atoms with Gasteiger partial charge in [0.25, 0.3) is 5.91 Å². The lowest BCUT2D eigenvalue weighted by molar-refractivity contribution is -0.121. The first-order chi connectivity index (χ1) is 12.5. The minimum absolute atomic E-state index is 0.0995. The van der Waals surface area contributed by atoms with Gasteiger partial charge in [-0.2, -0.15) is 0 Å². The number of ether oxygens (including phenoxy) is 1. The third kappa shape index (κ3) is 6.93. The van der Waals surface area contributed by atoms with Gasteiger partial charge in [-0.25, -0.2) is 4.39 Å². The van der Waals surface area contributed by atoms with Gasteiger partial charge in [-0.3, -0.25) is 9.59 Å². The van der Waals surface area contributed by atoms with Gasteiger partial charge in [0.2, 0.25) is 5.91 Å². The average molecular weight is 358 g/mol. The highest BCUT2D eigenvalue weighted by molar-refractivity contribution is 5.94. The SMILES string of the molecule is Cc1ccc(OCCCC(=O)NCCNC(=O)c2cccc(F)c2)cc1. The fourth-order valence-corrected chi connectivity index (χ4v) is 2.26. The highest BCUT2D eigenvalue weighted by atomic mass is 19.1. The van der Waals surface area contributed by atoms with E-state index in [1.54, 1.807) is 0 Å². The molecular formula is C20H23FN2O3. The molecule has 0 aliphatic rings. The van der Waals surface area contributed by atoms with Crippen LogP contribution in [0.4, 0.5) is 4.39 Å². The quantitative estimate of drug-likeness (QED) is 0.678. The van der Waals surface area contributed by atoms with Crippen LogP contribution in [-0.4, -0.2) is 31.5 Å². The van der Waals surface area contributed by atoms with Gasteiger partial charge < -0.3 is 15.4 Å². The number of aryl methyl sites for hydroxylation is 1. The van der Waals surface area contributed by atoms with Crippen LogP contribution >= 0.6 is 0 Å². The molecule has 2 aromatic carbocycles. The second kappa shape index (κ2) is 10.2. The van der Waals surface area contributed by atoms with E-state index in [4.69, 9.17) is 4.74 Å². The molecule has 0 saturated carbocycles. The van der Waals surface area contributed by atoms with Crippen LogP contribution in [0, 0.1) is 12.7 Å². The standard InChI is InChI=1S/C20H23FN2O3/c1-15-7-9-18(10-8-15)26-13-3-6-19(24)22-11-12-23-20(25)16-4-2-5-17(21)14-16/h2,4-5,7-10,14H,3,6,11-13H2,1H3,(H,22,24)(H,23,25). The number of nitrogens with one attached hydrogen (secondary N) is 2. The predicted molar refractivity (Wildman–Crippen MR) is 97.7 cm³/mol. The summed E-state index contributed by atoms with van der Waals surface area (Å²) in [5.41, 5.74) is 1.42. The molecule has 6 heteroatoms. The van der Waals surface area contributed by atoms with E-state index in [0.717, 1.165) is 5.75 Å². The van der Waals surface area contributed by atoms with Crippen LogP contribution < -0.4 is 15.4 Å².